The van der Waals surface area contributed by atoms with E-state index in [1.165, 1.54) is 7.11 Å². The number of aryl methyl sites for hydroxylation is 1. The summed E-state index contributed by atoms with van der Waals surface area (Å²) >= 11 is 0. The third kappa shape index (κ3) is 3.53. The Morgan fingerprint density at radius 1 is 1.50 bits per heavy atom. The van der Waals surface area contributed by atoms with Crippen LogP contribution >= 0.6 is 0 Å². The number of carbonyl (C=O) groups is 2. The van der Waals surface area contributed by atoms with Crippen molar-refractivity contribution in [3.8, 4) is 0 Å². The first-order chi connectivity index (χ1) is 9.65. The second-order valence-electron chi connectivity index (χ2n) is 4.73. The zero-order valence-electron chi connectivity index (χ0n) is 11.5. The molecule has 20 heavy (non-hydrogen) atoms. The SMILES string of the molecule is COC(=O)c1nnn(CCC(=O)NC2CC2)c1CCN. The van der Waals surface area contributed by atoms with Gasteiger partial charge in [-0.25, -0.2) is 9.48 Å². The monoisotopic (exact) mass is 281 g/mol. The molecule has 0 bridgehead atoms. The van der Waals surface area contributed by atoms with E-state index in [1.54, 1.807) is 4.68 Å². The highest BCUT2D eigenvalue weighted by Gasteiger charge is 2.24. The Labute approximate surface area is 116 Å². The van der Waals surface area contributed by atoms with Crippen molar-refractivity contribution in [2.45, 2.75) is 38.3 Å². The van der Waals surface area contributed by atoms with Crippen LogP contribution in [-0.4, -0.2) is 46.6 Å². The highest BCUT2D eigenvalue weighted by atomic mass is 16.5. The topological polar surface area (TPSA) is 112 Å². The van der Waals surface area contributed by atoms with E-state index in [9.17, 15) is 9.59 Å². The van der Waals surface area contributed by atoms with Crippen molar-refractivity contribution in [1.29, 1.82) is 0 Å². The van der Waals surface area contributed by atoms with Crippen molar-refractivity contribution in [2.24, 2.45) is 5.73 Å². The summed E-state index contributed by atoms with van der Waals surface area (Å²) < 4.78 is 6.20. The van der Waals surface area contributed by atoms with Crippen molar-refractivity contribution in [2.75, 3.05) is 13.7 Å². The molecule has 1 aromatic heterocycles. The second kappa shape index (κ2) is 6.47. The number of ether oxygens (including phenoxy) is 1. The van der Waals surface area contributed by atoms with Crippen LogP contribution in [0.3, 0.4) is 0 Å². The number of amides is 1. The summed E-state index contributed by atoms with van der Waals surface area (Å²) in [5.74, 6) is -0.552. The van der Waals surface area contributed by atoms with Crippen LogP contribution in [0, 0.1) is 0 Å². The van der Waals surface area contributed by atoms with Crippen molar-refractivity contribution >= 4 is 11.9 Å². The molecule has 1 aliphatic carbocycles. The lowest BCUT2D eigenvalue weighted by Crippen LogP contribution is -2.27. The maximum absolute atomic E-state index is 11.6. The molecule has 1 aromatic rings. The highest BCUT2D eigenvalue weighted by molar-refractivity contribution is 5.88. The number of nitrogens with one attached hydrogen (secondary N) is 1. The van der Waals surface area contributed by atoms with Crippen LogP contribution < -0.4 is 11.1 Å². The molecule has 110 valence electrons. The summed E-state index contributed by atoms with van der Waals surface area (Å²) in [5, 5.41) is 10.6. The summed E-state index contributed by atoms with van der Waals surface area (Å²) in [4.78, 5) is 23.2. The first-order valence-electron chi connectivity index (χ1n) is 6.65. The van der Waals surface area contributed by atoms with Crippen molar-refractivity contribution in [3.63, 3.8) is 0 Å². The van der Waals surface area contributed by atoms with Crippen LogP contribution in [0.5, 0.6) is 0 Å². The second-order valence-corrected chi connectivity index (χ2v) is 4.73. The van der Waals surface area contributed by atoms with Crippen molar-refractivity contribution in [3.05, 3.63) is 11.4 Å². The van der Waals surface area contributed by atoms with Crippen molar-refractivity contribution in [1.82, 2.24) is 20.3 Å². The molecule has 8 nitrogen and oxygen atoms in total. The number of nitrogens with two attached hydrogens (primary N) is 1. The fraction of sp³-hybridized carbons (Fsp3) is 0.667. The molecule has 0 atom stereocenters. The van der Waals surface area contributed by atoms with E-state index in [-0.39, 0.29) is 11.6 Å². The van der Waals surface area contributed by atoms with E-state index in [4.69, 9.17) is 5.73 Å². The number of rotatable bonds is 7. The van der Waals surface area contributed by atoms with Crippen LogP contribution in [-0.2, 0) is 22.5 Å². The zero-order chi connectivity index (χ0) is 14.5. The Morgan fingerprint density at radius 3 is 2.85 bits per heavy atom. The lowest BCUT2D eigenvalue weighted by Gasteiger charge is -2.07. The van der Waals surface area contributed by atoms with E-state index in [2.05, 4.69) is 20.4 Å². The smallest absolute Gasteiger partial charge is 0.360 e. The van der Waals surface area contributed by atoms with Gasteiger partial charge in [0.1, 0.15) is 0 Å². The largest absolute Gasteiger partial charge is 0.464 e. The molecule has 0 aliphatic heterocycles. The van der Waals surface area contributed by atoms with Gasteiger partial charge < -0.3 is 15.8 Å². The molecule has 0 spiro atoms. The molecule has 1 amide bonds. The fourth-order valence-electron chi connectivity index (χ4n) is 1.89. The van der Waals surface area contributed by atoms with Gasteiger partial charge in [0.2, 0.25) is 5.91 Å². The van der Waals surface area contributed by atoms with E-state index < -0.39 is 5.97 Å². The average molecular weight is 281 g/mol. The lowest BCUT2D eigenvalue weighted by molar-refractivity contribution is -0.121. The normalized spacial score (nSPS) is 14.1. The van der Waals surface area contributed by atoms with Gasteiger partial charge in [-0.2, -0.15) is 0 Å². The average Bonchev–Trinajstić information content (AvgIpc) is 3.16. The summed E-state index contributed by atoms with van der Waals surface area (Å²) in [6.45, 7) is 0.740. The molecule has 0 saturated heterocycles. The predicted molar refractivity (Wildman–Crippen MR) is 69.9 cm³/mol. The molecule has 0 aromatic carbocycles. The van der Waals surface area contributed by atoms with Gasteiger partial charge in [0, 0.05) is 18.9 Å². The summed E-state index contributed by atoms with van der Waals surface area (Å²) in [7, 11) is 1.29. The summed E-state index contributed by atoms with van der Waals surface area (Å²) in [6, 6.07) is 0.340. The van der Waals surface area contributed by atoms with E-state index in [1.807, 2.05) is 0 Å². The van der Waals surface area contributed by atoms with Crippen LogP contribution in [0.4, 0.5) is 0 Å². The van der Waals surface area contributed by atoms with Gasteiger partial charge in [0.05, 0.1) is 19.3 Å². The van der Waals surface area contributed by atoms with Gasteiger partial charge in [-0.15, -0.1) is 5.10 Å². The number of esters is 1. The Morgan fingerprint density at radius 2 is 2.25 bits per heavy atom. The van der Waals surface area contributed by atoms with Gasteiger partial charge >= 0.3 is 5.97 Å². The minimum Gasteiger partial charge on any atom is -0.464 e. The van der Waals surface area contributed by atoms with Crippen LogP contribution in [0.25, 0.3) is 0 Å². The van der Waals surface area contributed by atoms with E-state index in [0.29, 0.717) is 37.7 Å². The minimum absolute atomic E-state index is 0.0127. The van der Waals surface area contributed by atoms with Gasteiger partial charge in [-0.1, -0.05) is 5.21 Å². The molecule has 8 heteroatoms. The van der Waals surface area contributed by atoms with E-state index in [0.717, 1.165) is 12.8 Å². The maximum Gasteiger partial charge on any atom is 0.360 e. The molecular formula is C12H19N5O3. The van der Waals surface area contributed by atoms with Crippen LogP contribution in [0.15, 0.2) is 0 Å². The van der Waals surface area contributed by atoms with Crippen LogP contribution in [0.2, 0.25) is 0 Å². The molecule has 0 radical (unpaired) electrons. The van der Waals surface area contributed by atoms with E-state index >= 15 is 0 Å². The fourth-order valence-corrected chi connectivity index (χ4v) is 1.89. The van der Waals surface area contributed by atoms with Gasteiger partial charge in [-0.3, -0.25) is 4.79 Å². The molecule has 0 unspecified atom stereocenters. The van der Waals surface area contributed by atoms with Gasteiger partial charge in [0.15, 0.2) is 5.69 Å². The highest BCUT2D eigenvalue weighted by Crippen LogP contribution is 2.18. The van der Waals surface area contributed by atoms with Gasteiger partial charge in [0.25, 0.3) is 0 Å². The summed E-state index contributed by atoms with van der Waals surface area (Å²) in [5.41, 5.74) is 6.31. The molecule has 3 N–H and O–H groups in total. The van der Waals surface area contributed by atoms with Crippen LogP contribution in [0.1, 0.15) is 35.4 Å². The predicted octanol–water partition coefficient (Wildman–Crippen LogP) is -0.765. The summed E-state index contributed by atoms with van der Waals surface area (Å²) in [6.07, 6.45) is 2.87. The molecule has 1 heterocycles. The minimum atomic E-state index is -0.540. The molecule has 1 aliphatic rings. The Hall–Kier alpha value is -1.96. The molecule has 1 saturated carbocycles. The number of carbonyl (C=O) groups excluding carboxylic acids is 2. The molecule has 2 rings (SSSR count). The maximum atomic E-state index is 11.6. The first kappa shape index (κ1) is 14.4. The number of aromatic nitrogens is 3. The lowest BCUT2D eigenvalue weighted by atomic mass is 10.2. The standard InChI is InChI=1S/C12H19N5O3/c1-20-12(19)11-9(4-6-13)17(16-15-11)7-5-10(18)14-8-2-3-8/h8H,2-7,13H2,1H3,(H,14,18). The molecule has 1 fully saturated rings. The third-order valence-electron chi connectivity index (χ3n) is 3.09. The van der Waals surface area contributed by atoms with Gasteiger partial charge in [-0.05, 0) is 19.4 Å². The number of hydrogen-bond donors (Lipinski definition) is 2. The first-order valence-corrected chi connectivity index (χ1v) is 6.65. The quantitative estimate of drug-likeness (QED) is 0.635. The number of hydrogen-bond acceptors (Lipinski definition) is 6. The molecular weight excluding hydrogens is 262 g/mol. The Bertz CT molecular complexity index is 495. The Kier molecular flexibility index (Phi) is 4.67. The number of methoxy groups -OCH3 is 1. The number of nitrogens with zero attached hydrogens (tertiary/aromatic N) is 3. The zero-order valence-corrected chi connectivity index (χ0v) is 11.5. The van der Waals surface area contributed by atoms with Crippen molar-refractivity contribution < 1.29 is 14.3 Å². The third-order valence-corrected chi connectivity index (χ3v) is 3.09. The Balaban J connectivity index is 2.00.